The summed E-state index contributed by atoms with van der Waals surface area (Å²) in [6.45, 7) is 1.61. The highest BCUT2D eigenvalue weighted by Gasteiger charge is 2.33. The molecule has 88 valence electrons. The Hall–Kier alpha value is -0.300. The molecule has 1 N–H and O–H groups in total. The molecule has 0 aromatic heterocycles. The van der Waals surface area contributed by atoms with E-state index in [4.69, 9.17) is 12.2 Å². The molecule has 0 aliphatic carbocycles. The van der Waals surface area contributed by atoms with Crippen molar-refractivity contribution in [1.82, 2.24) is 9.62 Å². The molecule has 0 saturated carbocycles. The number of carbonyl (C=O) groups is 2. The summed E-state index contributed by atoms with van der Waals surface area (Å²) in [4.78, 5) is 23.5. The predicted molar refractivity (Wildman–Crippen MR) is 67.4 cm³/mol. The van der Waals surface area contributed by atoms with Crippen LogP contribution in [-0.4, -0.2) is 45.7 Å². The van der Waals surface area contributed by atoms with Gasteiger partial charge in [0.05, 0.1) is 6.04 Å². The van der Waals surface area contributed by atoms with Gasteiger partial charge in [0.2, 0.25) is 5.12 Å². The van der Waals surface area contributed by atoms with Crippen LogP contribution in [0, 0.1) is 0 Å². The van der Waals surface area contributed by atoms with Crippen LogP contribution in [0.25, 0.3) is 0 Å². The molecule has 2 atom stereocenters. The fourth-order valence-corrected chi connectivity index (χ4v) is 3.35. The lowest BCUT2D eigenvalue weighted by Crippen LogP contribution is -2.35. The van der Waals surface area contributed by atoms with Crippen molar-refractivity contribution in [3.05, 3.63) is 0 Å². The molecule has 0 spiro atoms. The second kappa shape index (κ2) is 5.35. The van der Waals surface area contributed by atoms with E-state index in [1.54, 1.807) is 4.31 Å². The van der Waals surface area contributed by atoms with Crippen molar-refractivity contribution in [2.45, 2.75) is 31.3 Å². The number of hydrogen-bond acceptors (Lipinski definition) is 6. The third kappa shape index (κ3) is 2.51. The van der Waals surface area contributed by atoms with E-state index in [2.05, 4.69) is 5.32 Å². The van der Waals surface area contributed by atoms with Crippen molar-refractivity contribution in [2.75, 3.05) is 13.1 Å². The Bertz CT molecular complexity index is 316. The van der Waals surface area contributed by atoms with Gasteiger partial charge in [0.25, 0.3) is 0 Å². The Balaban J connectivity index is 1.91. The largest absolute Gasteiger partial charge is 0.307 e. The maximum Gasteiger partial charge on any atom is 0.220 e. The Morgan fingerprint density at radius 3 is 3.06 bits per heavy atom. The molecule has 0 unspecified atom stereocenters. The van der Waals surface area contributed by atoms with Gasteiger partial charge >= 0.3 is 0 Å². The Morgan fingerprint density at radius 1 is 1.62 bits per heavy atom. The smallest absolute Gasteiger partial charge is 0.220 e. The number of hydrogen-bond donors (Lipinski definition) is 1. The summed E-state index contributed by atoms with van der Waals surface area (Å²) in [5, 5.41) is 3.26. The molecule has 2 heterocycles. The third-order valence-electron chi connectivity index (χ3n) is 2.90. The van der Waals surface area contributed by atoms with Gasteiger partial charge in [-0.25, -0.2) is 4.31 Å². The first-order chi connectivity index (χ1) is 7.72. The summed E-state index contributed by atoms with van der Waals surface area (Å²) >= 11 is 6.25. The van der Waals surface area contributed by atoms with Crippen LogP contribution in [-0.2, 0) is 9.59 Å². The molecule has 2 rings (SSSR count). The Kier molecular flexibility index (Phi) is 4.07. The SMILES string of the molecule is O=C[C@@H]1C(=S)CCN1SC(=O)[C@@H]1CCCN1. The first-order valence-electron chi connectivity index (χ1n) is 5.42. The van der Waals surface area contributed by atoms with Gasteiger partial charge in [-0.2, -0.15) is 0 Å². The first kappa shape index (κ1) is 12.2. The summed E-state index contributed by atoms with van der Waals surface area (Å²) in [5.74, 6) is 0. The van der Waals surface area contributed by atoms with Crippen LogP contribution in [0.3, 0.4) is 0 Å². The number of aldehydes is 1. The lowest BCUT2D eigenvalue weighted by atomic mass is 10.2. The summed E-state index contributed by atoms with van der Waals surface area (Å²) in [6, 6.07) is -0.406. The van der Waals surface area contributed by atoms with Crippen molar-refractivity contribution < 1.29 is 9.59 Å². The normalized spacial score (nSPS) is 30.9. The Morgan fingerprint density at radius 2 is 2.44 bits per heavy atom. The van der Waals surface area contributed by atoms with Gasteiger partial charge < -0.3 is 10.1 Å². The summed E-state index contributed by atoms with van der Waals surface area (Å²) in [6.07, 6.45) is 3.51. The third-order valence-corrected chi connectivity index (χ3v) is 4.45. The molecule has 4 nitrogen and oxygen atoms in total. The van der Waals surface area contributed by atoms with Gasteiger partial charge in [0.15, 0.2) is 0 Å². The monoisotopic (exact) mass is 258 g/mol. The van der Waals surface area contributed by atoms with Gasteiger partial charge in [-0.1, -0.05) is 12.2 Å². The standard InChI is InChI=1S/C10H14N2O2S2/c13-6-8-9(15)3-5-12(8)16-10(14)7-2-1-4-11-7/h6-8,11H,1-5H2/t7-,8+/m0/s1. The molecular weight excluding hydrogens is 244 g/mol. The lowest BCUT2D eigenvalue weighted by molar-refractivity contribution is -0.112. The van der Waals surface area contributed by atoms with Gasteiger partial charge in [0, 0.05) is 11.4 Å². The predicted octanol–water partition coefficient (Wildman–Crippen LogP) is 0.556. The van der Waals surface area contributed by atoms with Crippen molar-refractivity contribution in [3.8, 4) is 0 Å². The van der Waals surface area contributed by atoms with E-state index >= 15 is 0 Å². The molecule has 0 bridgehead atoms. The van der Waals surface area contributed by atoms with Gasteiger partial charge in [-0.15, -0.1) is 0 Å². The van der Waals surface area contributed by atoms with Gasteiger partial charge in [-0.05, 0) is 37.8 Å². The summed E-state index contributed by atoms with van der Waals surface area (Å²) < 4.78 is 1.80. The molecule has 0 aromatic carbocycles. The van der Waals surface area contributed by atoms with E-state index < -0.39 is 0 Å². The van der Waals surface area contributed by atoms with E-state index in [1.165, 1.54) is 0 Å². The molecule has 2 fully saturated rings. The van der Waals surface area contributed by atoms with E-state index in [9.17, 15) is 9.59 Å². The molecule has 16 heavy (non-hydrogen) atoms. The molecule has 2 aliphatic heterocycles. The molecule has 0 amide bonds. The van der Waals surface area contributed by atoms with Crippen molar-refractivity contribution in [1.29, 1.82) is 0 Å². The van der Waals surface area contributed by atoms with Gasteiger partial charge in [-0.3, -0.25) is 4.79 Å². The number of carbonyl (C=O) groups excluding carboxylic acids is 2. The minimum atomic E-state index is -0.356. The topological polar surface area (TPSA) is 49.4 Å². The molecule has 2 saturated heterocycles. The second-order valence-electron chi connectivity index (χ2n) is 4.00. The lowest BCUT2D eigenvalue weighted by Gasteiger charge is -2.19. The van der Waals surface area contributed by atoms with Gasteiger partial charge in [0.1, 0.15) is 12.3 Å². The minimum absolute atomic E-state index is 0.0496. The van der Waals surface area contributed by atoms with E-state index in [-0.39, 0.29) is 17.2 Å². The number of nitrogens with zero attached hydrogens (tertiary/aromatic N) is 1. The van der Waals surface area contributed by atoms with Crippen molar-refractivity contribution in [3.63, 3.8) is 0 Å². The highest BCUT2D eigenvalue weighted by Crippen LogP contribution is 2.25. The van der Waals surface area contributed by atoms with Crippen LogP contribution in [0.4, 0.5) is 0 Å². The quantitative estimate of drug-likeness (QED) is 0.453. The van der Waals surface area contributed by atoms with Crippen molar-refractivity contribution in [2.24, 2.45) is 0 Å². The molecule has 6 heteroatoms. The van der Waals surface area contributed by atoms with Crippen LogP contribution >= 0.6 is 24.2 Å². The van der Waals surface area contributed by atoms with Crippen molar-refractivity contribution >= 4 is 40.4 Å². The maximum absolute atomic E-state index is 11.9. The van der Waals surface area contributed by atoms with Crippen LogP contribution in [0.5, 0.6) is 0 Å². The number of rotatable bonds is 3. The van der Waals surface area contributed by atoms with E-state index in [0.717, 1.165) is 48.9 Å². The second-order valence-corrected chi connectivity index (χ2v) is 5.58. The van der Waals surface area contributed by atoms with Crippen LogP contribution in [0.15, 0.2) is 0 Å². The number of thiocarbonyl (C=S) groups is 1. The number of nitrogens with one attached hydrogen (secondary N) is 1. The summed E-state index contributed by atoms with van der Waals surface area (Å²) in [7, 11) is 0. The summed E-state index contributed by atoms with van der Waals surface area (Å²) in [5.41, 5.74) is 0. The average Bonchev–Trinajstić information content (AvgIpc) is 2.88. The molecule has 0 aromatic rings. The molecule has 0 radical (unpaired) electrons. The average molecular weight is 258 g/mol. The van der Waals surface area contributed by atoms with E-state index in [1.807, 2.05) is 0 Å². The highest BCUT2D eigenvalue weighted by atomic mass is 32.2. The van der Waals surface area contributed by atoms with Crippen LogP contribution in [0.1, 0.15) is 19.3 Å². The maximum atomic E-state index is 11.9. The first-order valence-corrected chi connectivity index (χ1v) is 6.60. The fourth-order valence-electron chi connectivity index (χ4n) is 1.98. The molecule has 2 aliphatic rings. The zero-order valence-electron chi connectivity index (χ0n) is 8.85. The fraction of sp³-hybridized carbons (Fsp3) is 0.700. The van der Waals surface area contributed by atoms with Crippen LogP contribution in [0.2, 0.25) is 0 Å². The zero-order chi connectivity index (χ0) is 11.5. The molecular formula is C10H14N2O2S2. The zero-order valence-corrected chi connectivity index (χ0v) is 10.5. The highest BCUT2D eigenvalue weighted by molar-refractivity contribution is 8.11. The van der Waals surface area contributed by atoms with Crippen LogP contribution < -0.4 is 5.32 Å². The Labute approximate surface area is 104 Å². The van der Waals surface area contributed by atoms with E-state index in [0.29, 0.717) is 6.54 Å². The minimum Gasteiger partial charge on any atom is -0.307 e.